The molecule has 0 rings (SSSR count). The molecule has 0 aromatic carbocycles. The first-order valence-electron chi connectivity index (χ1n) is 3.83. The van der Waals surface area contributed by atoms with E-state index in [-0.39, 0.29) is 0 Å². The monoisotopic (exact) mass is 201 g/mol. The smallest absolute Gasteiger partial charge is 0.432 e. The van der Waals surface area contributed by atoms with Gasteiger partial charge in [-0.1, -0.05) is 6.92 Å². The number of hydrogen-bond donors (Lipinski definition) is 1. The largest absolute Gasteiger partial charge is 0.481 e. The maximum Gasteiger partial charge on any atom is 0.432 e. The Morgan fingerprint density at radius 3 is 2.43 bits per heavy atom. The summed E-state index contributed by atoms with van der Waals surface area (Å²) in [6.45, 7) is 1.43. The number of aliphatic carboxylic acids is 1. The van der Waals surface area contributed by atoms with Gasteiger partial charge < -0.3 is 14.6 Å². The number of aldehydes is 1. The van der Waals surface area contributed by atoms with E-state index in [4.69, 9.17) is 5.11 Å². The van der Waals surface area contributed by atoms with Gasteiger partial charge in [-0.15, -0.1) is 0 Å². The Bertz CT molecular complexity index is 260. The van der Waals surface area contributed by atoms with Crippen LogP contribution in [0.4, 0.5) is 4.79 Å². The quantitative estimate of drug-likeness (QED) is 0.523. The normalized spacial score (nSPS) is 14.7. The van der Waals surface area contributed by atoms with Crippen LogP contribution < -0.4 is 0 Å². The zero-order valence-corrected chi connectivity index (χ0v) is 7.84. The lowest BCUT2D eigenvalue weighted by Crippen LogP contribution is -2.24. The first-order chi connectivity index (χ1) is 6.52. The van der Waals surface area contributed by atoms with Crippen molar-refractivity contribution in [1.29, 1.82) is 0 Å². The van der Waals surface area contributed by atoms with E-state index in [1.54, 1.807) is 0 Å². The van der Waals surface area contributed by atoms with E-state index in [1.165, 1.54) is 6.92 Å². The zero-order valence-electron chi connectivity index (χ0n) is 7.84. The van der Waals surface area contributed by atoms with Gasteiger partial charge in [-0.05, 0) is 0 Å². The SMILES string of the molecule is COC(=O)/N=C/[C@H](C(=O)O)[C@@H](C)C=O. The summed E-state index contributed by atoms with van der Waals surface area (Å²) in [6, 6.07) is 0. The Hall–Kier alpha value is -1.72. The summed E-state index contributed by atoms with van der Waals surface area (Å²) >= 11 is 0. The number of rotatable bonds is 4. The number of carbonyl (C=O) groups excluding carboxylic acids is 2. The molecule has 2 atom stereocenters. The molecule has 0 aliphatic rings. The van der Waals surface area contributed by atoms with E-state index in [0.717, 1.165) is 13.3 Å². The van der Waals surface area contributed by atoms with Crippen LogP contribution in [0.2, 0.25) is 0 Å². The summed E-state index contributed by atoms with van der Waals surface area (Å²) in [5.74, 6) is -3.05. The molecule has 78 valence electrons. The van der Waals surface area contributed by atoms with E-state index in [0.29, 0.717) is 6.29 Å². The number of amides is 1. The van der Waals surface area contributed by atoms with Crippen molar-refractivity contribution >= 4 is 24.6 Å². The molecule has 0 aliphatic carbocycles. The zero-order chi connectivity index (χ0) is 11.1. The lowest BCUT2D eigenvalue weighted by atomic mass is 9.97. The molecule has 0 spiro atoms. The Morgan fingerprint density at radius 2 is 2.07 bits per heavy atom. The Morgan fingerprint density at radius 1 is 1.50 bits per heavy atom. The molecule has 0 aromatic heterocycles. The highest BCUT2D eigenvalue weighted by Gasteiger charge is 2.22. The molecule has 0 unspecified atom stereocenters. The molecule has 1 amide bonds. The van der Waals surface area contributed by atoms with Crippen molar-refractivity contribution in [2.24, 2.45) is 16.8 Å². The number of methoxy groups -OCH3 is 1. The van der Waals surface area contributed by atoms with Crippen molar-refractivity contribution in [3.63, 3.8) is 0 Å². The van der Waals surface area contributed by atoms with Crippen molar-refractivity contribution in [2.45, 2.75) is 6.92 Å². The van der Waals surface area contributed by atoms with Gasteiger partial charge in [0.25, 0.3) is 0 Å². The van der Waals surface area contributed by atoms with Crippen LogP contribution in [0.3, 0.4) is 0 Å². The van der Waals surface area contributed by atoms with Crippen LogP contribution >= 0.6 is 0 Å². The van der Waals surface area contributed by atoms with Crippen molar-refractivity contribution in [2.75, 3.05) is 7.11 Å². The summed E-state index contributed by atoms with van der Waals surface area (Å²) in [5.41, 5.74) is 0. The maximum absolute atomic E-state index is 10.6. The second-order valence-corrected chi connectivity index (χ2v) is 2.61. The first kappa shape index (κ1) is 12.3. The fourth-order valence-corrected chi connectivity index (χ4v) is 0.703. The van der Waals surface area contributed by atoms with Gasteiger partial charge in [0.2, 0.25) is 0 Å². The molecule has 6 heteroatoms. The molecular formula is C8H11NO5. The van der Waals surface area contributed by atoms with Crippen LogP contribution in [0.15, 0.2) is 4.99 Å². The highest BCUT2D eigenvalue weighted by Crippen LogP contribution is 2.06. The summed E-state index contributed by atoms with van der Waals surface area (Å²) < 4.78 is 4.18. The van der Waals surface area contributed by atoms with Gasteiger partial charge in [0, 0.05) is 12.1 Å². The summed E-state index contributed by atoms with van der Waals surface area (Å²) in [7, 11) is 1.12. The third kappa shape index (κ3) is 3.79. The number of carboxylic acids is 1. The van der Waals surface area contributed by atoms with E-state index >= 15 is 0 Å². The molecule has 6 nitrogen and oxygen atoms in total. The third-order valence-electron chi connectivity index (χ3n) is 1.58. The minimum absolute atomic E-state index is 0.488. The number of nitrogens with zero attached hydrogens (tertiary/aromatic N) is 1. The van der Waals surface area contributed by atoms with Crippen molar-refractivity contribution in [3.05, 3.63) is 0 Å². The molecule has 14 heavy (non-hydrogen) atoms. The molecule has 0 saturated carbocycles. The topological polar surface area (TPSA) is 93.0 Å². The third-order valence-corrected chi connectivity index (χ3v) is 1.58. The van der Waals surface area contributed by atoms with Gasteiger partial charge in [-0.2, -0.15) is 4.99 Å². The van der Waals surface area contributed by atoms with Crippen LogP contribution in [0.25, 0.3) is 0 Å². The van der Waals surface area contributed by atoms with E-state index in [1.807, 2.05) is 0 Å². The summed E-state index contributed by atoms with van der Waals surface area (Å²) in [6.07, 6.45) is 0.490. The Balaban J connectivity index is 4.53. The highest BCUT2D eigenvalue weighted by atomic mass is 16.5. The van der Waals surface area contributed by atoms with Crippen molar-refractivity contribution in [3.8, 4) is 0 Å². The summed E-state index contributed by atoms with van der Waals surface area (Å²) in [5, 5.41) is 8.66. The van der Waals surface area contributed by atoms with Gasteiger partial charge in [0.05, 0.1) is 7.11 Å². The first-order valence-corrected chi connectivity index (χ1v) is 3.83. The minimum atomic E-state index is -1.21. The predicted octanol–water partition coefficient (Wildman–Crippen LogP) is 0.359. The fourth-order valence-electron chi connectivity index (χ4n) is 0.703. The maximum atomic E-state index is 10.6. The molecule has 0 aliphatic heterocycles. The molecule has 0 radical (unpaired) electrons. The van der Waals surface area contributed by atoms with Gasteiger partial charge >= 0.3 is 12.1 Å². The fraction of sp³-hybridized carbons (Fsp3) is 0.500. The van der Waals surface area contributed by atoms with Crippen LogP contribution in [0.1, 0.15) is 6.92 Å². The lowest BCUT2D eigenvalue weighted by molar-refractivity contribution is -0.141. The number of carbonyl (C=O) groups is 3. The molecular weight excluding hydrogens is 190 g/mol. The molecule has 1 N–H and O–H groups in total. The van der Waals surface area contributed by atoms with Crippen molar-refractivity contribution in [1.82, 2.24) is 0 Å². The lowest BCUT2D eigenvalue weighted by Gasteiger charge is -2.08. The van der Waals surface area contributed by atoms with E-state index < -0.39 is 23.9 Å². The van der Waals surface area contributed by atoms with Crippen LogP contribution in [0.5, 0.6) is 0 Å². The van der Waals surface area contributed by atoms with Gasteiger partial charge in [-0.3, -0.25) is 4.79 Å². The number of aliphatic imine (C=N–C) groups is 1. The molecule has 0 saturated heterocycles. The Labute approximate surface area is 80.6 Å². The predicted molar refractivity (Wildman–Crippen MR) is 47.3 cm³/mol. The second kappa shape index (κ2) is 5.85. The second-order valence-electron chi connectivity index (χ2n) is 2.61. The number of carboxylic acid groups (broad SMARTS) is 1. The van der Waals surface area contributed by atoms with Crippen molar-refractivity contribution < 1.29 is 24.2 Å². The standard InChI is InChI=1S/C8H11NO5/c1-5(4-10)6(7(11)12)3-9-8(13)14-2/h3-6H,1-2H3,(H,11,12)/b9-3+/t5-,6-/m0/s1. The number of ether oxygens (including phenoxy) is 1. The van der Waals surface area contributed by atoms with Gasteiger partial charge in [-0.25, -0.2) is 4.79 Å². The molecule has 0 bridgehead atoms. The number of hydrogen-bond acceptors (Lipinski definition) is 4. The Kier molecular flexibility index (Phi) is 5.13. The van der Waals surface area contributed by atoms with Gasteiger partial charge in [0.1, 0.15) is 12.2 Å². The van der Waals surface area contributed by atoms with E-state index in [2.05, 4.69) is 9.73 Å². The van der Waals surface area contributed by atoms with E-state index in [9.17, 15) is 14.4 Å². The van der Waals surface area contributed by atoms with Crippen LogP contribution in [0, 0.1) is 11.8 Å². The molecule has 0 fully saturated rings. The molecule has 0 heterocycles. The average molecular weight is 201 g/mol. The average Bonchev–Trinajstić information content (AvgIpc) is 2.16. The minimum Gasteiger partial charge on any atom is -0.481 e. The highest BCUT2D eigenvalue weighted by molar-refractivity contribution is 5.95. The van der Waals surface area contributed by atoms with Crippen LogP contribution in [-0.2, 0) is 14.3 Å². The summed E-state index contributed by atoms with van der Waals surface area (Å²) in [4.78, 5) is 34.7. The molecule has 0 aromatic rings. The van der Waals surface area contributed by atoms with Gasteiger partial charge in [0.15, 0.2) is 0 Å². The van der Waals surface area contributed by atoms with Crippen LogP contribution in [-0.4, -0.2) is 36.8 Å².